The summed E-state index contributed by atoms with van der Waals surface area (Å²) in [6.45, 7) is 6.61. The lowest BCUT2D eigenvalue weighted by Crippen LogP contribution is -2.30. The summed E-state index contributed by atoms with van der Waals surface area (Å²) in [7, 11) is 0. The Balaban J connectivity index is 4.38. The van der Waals surface area contributed by atoms with Gasteiger partial charge in [0.1, 0.15) is 13.2 Å². The standard InChI is InChI=1S/C59H106O6/c1-4-7-10-13-16-19-22-25-27-29-30-32-34-37-40-43-46-49-52-58(61)64-55-56(54-63-57(60)51-48-45-42-39-36-33-24-21-18-15-12-9-6-3)65-59(62)53-50-47-44-41-38-35-31-28-26-23-20-17-14-11-8-5-2/h19-20,22-23,27-29,31,56H,4-18,21,24-26,30,32-55H2,1-3H3/b22-19-,23-20-,29-27-,31-28-. The number of carbonyl (C=O) groups excluding carboxylic acids is 3. The molecule has 1 atom stereocenters. The number of esters is 3. The molecule has 0 fully saturated rings. The lowest BCUT2D eigenvalue weighted by Gasteiger charge is -2.18. The van der Waals surface area contributed by atoms with E-state index in [2.05, 4.69) is 69.4 Å². The topological polar surface area (TPSA) is 78.9 Å². The highest BCUT2D eigenvalue weighted by atomic mass is 16.6. The average molecular weight is 911 g/mol. The van der Waals surface area contributed by atoms with Gasteiger partial charge in [-0.1, -0.05) is 236 Å². The highest BCUT2D eigenvalue weighted by molar-refractivity contribution is 5.71. The van der Waals surface area contributed by atoms with Crippen LogP contribution in [0.15, 0.2) is 48.6 Å². The van der Waals surface area contributed by atoms with Crippen molar-refractivity contribution in [2.24, 2.45) is 0 Å². The molecule has 0 spiro atoms. The highest BCUT2D eigenvalue weighted by Gasteiger charge is 2.19. The quantitative estimate of drug-likeness (QED) is 0.0262. The summed E-state index contributed by atoms with van der Waals surface area (Å²) < 4.78 is 16.8. The molecule has 0 aliphatic rings. The molecule has 0 N–H and O–H groups in total. The van der Waals surface area contributed by atoms with Crippen molar-refractivity contribution in [2.45, 2.75) is 297 Å². The van der Waals surface area contributed by atoms with E-state index in [0.29, 0.717) is 19.3 Å². The third-order valence-corrected chi connectivity index (χ3v) is 12.3. The van der Waals surface area contributed by atoms with E-state index >= 15 is 0 Å². The van der Waals surface area contributed by atoms with E-state index in [9.17, 15) is 14.4 Å². The first-order valence-electron chi connectivity index (χ1n) is 28.1. The van der Waals surface area contributed by atoms with Crippen LogP contribution >= 0.6 is 0 Å². The molecular weight excluding hydrogens is 805 g/mol. The van der Waals surface area contributed by atoms with Crippen molar-refractivity contribution in [3.8, 4) is 0 Å². The zero-order valence-electron chi connectivity index (χ0n) is 43.3. The van der Waals surface area contributed by atoms with Crippen LogP contribution in [0, 0.1) is 0 Å². The molecule has 0 aromatic heterocycles. The highest BCUT2D eigenvalue weighted by Crippen LogP contribution is 2.15. The Labute approximate surface area is 403 Å². The third kappa shape index (κ3) is 52.2. The Morgan fingerprint density at radius 3 is 0.862 bits per heavy atom. The van der Waals surface area contributed by atoms with E-state index in [0.717, 1.165) is 96.3 Å². The maximum Gasteiger partial charge on any atom is 0.306 e. The van der Waals surface area contributed by atoms with Gasteiger partial charge in [0.15, 0.2) is 6.10 Å². The van der Waals surface area contributed by atoms with Gasteiger partial charge in [0, 0.05) is 19.3 Å². The fourth-order valence-electron chi connectivity index (χ4n) is 8.03. The van der Waals surface area contributed by atoms with Gasteiger partial charge in [-0.2, -0.15) is 0 Å². The molecule has 0 saturated carbocycles. The van der Waals surface area contributed by atoms with Crippen LogP contribution in [0.5, 0.6) is 0 Å². The van der Waals surface area contributed by atoms with Crippen molar-refractivity contribution in [2.75, 3.05) is 13.2 Å². The van der Waals surface area contributed by atoms with Crippen molar-refractivity contribution >= 4 is 17.9 Å². The van der Waals surface area contributed by atoms with Crippen molar-refractivity contribution in [3.63, 3.8) is 0 Å². The molecule has 0 radical (unpaired) electrons. The Hall–Kier alpha value is -2.63. The summed E-state index contributed by atoms with van der Waals surface area (Å²) in [6.07, 6.45) is 65.2. The molecule has 6 heteroatoms. The van der Waals surface area contributed by atoms with E-state index in [1.165, 1.54) is 154 Å². The molecule has 0 aromatic carbocycles. The minimum atomic E-state index is -0.781. The van der Waals surface area contributed by atoms with Gasteiger partial charge in [0.05, 0.1) is 0 Å². The molecule has 0 aliphatic heterocycles. The van der Waals surface area contributed by atoms with Crippen LogP contribution in [0.25, 0.3) is 0 Å². The van der Waals surface area contributed by atoms with Gasteiger partial charge >= 0.3 is 17.9 Å². The molecule has 65 heavy (non-hydrogen) atoms. The number of unbranched alkanes of at least 4 members (excludes halogenated alkanes) is 32. The molecular formula is C59H106O6. The summed E-state index contributed by atoms with van der Waals surface area (Å²) in [5.41, 5.74) is 0. The van der Waals surface area contributed by atoms with Crippen LogP contribution in [0.1, 0.15) is 290 Å². The second-order valence-electron chi connectivity index (χ2n) is 18.8. The van der Waals surface area contributed by atoms with Crippen molar-refractivity contribution in [1.82, 2.24) is 0 Å². The number of allylic oxidation sites excluding steroid dienone is 8. The smallest absolute Gasteiger partial charge is 0.306 e. The Kier molecular flexibility index (Phi) is 51.8. The zero-order valence-corrected chi connectivity index (χ0v) is 43.3. The Bertz CT molecular complexity index is 1140. The van der Waals surface area contributed by atoms with Gasteiger partial charge < -0.3 is 14.2 Å². The Morgan fingerprint density at radius 1 is 0.308 bits per heavy atom. The van der Waals surface area contributed by atoms with E-state index in [1.807, 2.05) is 0 Å². The lowest BCUT2D eigenvalue weighted by molar-refractivity contribution is -0.167. The molecule has 0 rings (SSSR count). The van der Waals surface area contributed by atoms with Crippen molar-refractivity contribution < 1.29 is 28.6 Å². The molecule has 0 bridgehead atoms. The number of ether oxygens (including phenoxy) is 3. The normalized spacial score (nSPS) is 12.4. The van der Waals surface area contributed by atoms with Crippen LogP contribution in [0.4, 0.5) is 0 Å². The van der Waals surface area contributed by atoms with E-state index in [1.54, 1.807) is 0 Å². The fraction of sp³-hybridized carbons (Fsp3) is 0.814. The van der Waals surface area contributed by atoms with Gasteiger partial charge in [-0.3, -0.25) is 14.4 Å². The molecule has 6 nitrogen and oxygen atoms in total. The monoisotopic (exact) mass is 911 g/mol. The van der Waals surface area contributed by atoms with E-state index < -0.39 is 6.10 Å². The van der Waals surface area contributed by atoms with Gasteiger partial charge in [-0.05, 0) is 83.5 Å². The molecule has 378 valence electrons. The van der Waals surface area contributed by atoms with Crippen molar-refractivity contribution in [1.29, 1.82) is 0 Å². The second-order valence-corrected chi connectivity index (χ2v) is 18.8. The van der Waals surface area contributed by atoms with Gasteiger partial charge in [-0.25, -0.2) is 0 Å². The third-order valence-electron chi connectivity index (χ3n) is 12.3. The molecule has 0 amide bonds. The van der Waals surface area contributed by atoms with Crippen LogP contribution < -0.4 is 0 Å². The number of hydrogen-bond acceptors (Lipinski definition) is 6. The molecule has 0 heterocycles. The van der Waals surface area contributed by atoms with Crippen LogP contribution in [-0.4, -0.2) is 37.2 Å². The minimum Gasteiger partial charge on any atom is -0.462 e. The lowest BCUT2D eigenvalue weighted by atomic mass is 10.0. The molecule has 1 unspecified atom stereocenters. The molecule has 0 aromatic rings. The number of hydrogen-bond donors (Lipinski definition) is 0. The summed E-state index contributed by atoms with van der Waals surface area (Å²) in [4.78, 5) is 38.1. The van der Waals surface area contributed by atoms with Crippen LogP contribution in [0.3, 0.4) is 0 Å². The van der Waals surface area contributed by atoms with Gasteiger partial charge in [-0.15, -0.1) is 0 Å². The number of rotatable bonds is 51. The number of carbonyl (C=O) groups is 3. The minimum absolute atomic E-state index is 0.0788. The first-order chi connectivity index (χ1) is 32.0. The van der Waals surface area contributed by atoms with Crippen LogP contribution in [0.2, 0.25) is 0 Å². The van der Waals surface area contributed by atoms with Gasteiger partial charge in [0.2, 0.25) is 0 Å². The van der Waals surface area contributed by atoms with Gasteiger partial charge in [0.25, 0.3) is 0 Å². The molecule has 0 saturated heterocycles. The summed E-state index contributed by atoms with van der Waals surface area (Å²) in [5, 5.41) is 0. The zero-order chi connectivity index (χ0) is 47.2. The first kappa shape index (κ1) is 62.4. The summed E-state index contributed by atoms with van der Waals surface area (Å²) >= 11 is 0. The second kappa shape index (κ2) is 54.0. The van der Waals surface area contributed by atoms with E-state index in [4.69, 9.17) is 14.2 Å². The fourth-order valence-corrected chi connectivity index (χ4v) is 8.03. The van der Waals surface area contributed by atoms with E-state index in [-0.39, 0.29) is 31.1 Å². The predicted octanol–water partition coefficient (Wildman–Crippen LogP) is 18.7. The predicted molar refractivity (Wildman–Crippen MR) is 279 cm³/mol. The average Bonchev–Trinajstić information content (AvgIpc) is 3.30. The first-order valence-corrected chi connectivity index (χ1v) is 28.1. The largest absolute Gasteiger partial charge is 0.462 e. The Morgan fingerprint density at radius 2 is 0.554 bits per heavy atom. The molecule has 0 aliphatic carbocycles. The van der Waals surface area contributed by atoms with Crippen LogP contribution in [-0.2, 0) is 28.6 Å². The maximum atomic E-state index is 12.8. The van der Waals surface area contributed by atoms with Crippen molar-refractivity contribution in [3.05, 3.63) is 48.6 Å². The summed E-state index contributed by atoms with van der Waals surface area (Å²) in [6, 6.07) is 0. The summed E-state index contributed by atoms with van der Waals surface area (Å²) in [5.74, 6) is -0.888. The maximum absolute atomic E-state index is 12.8. The SMILES string of the molecule is CCCCCC/C=C\C/C=C\CCCCCCCCCC(=O)OCC(COC(=O)CCCCCCCCCCCCCCC)OC(=O)CCCCCCC/C=C\C/C=C\CCCCCC.